The Labute approximate surface area is 106 Å². The molecule has 4 heteroatoms. The molecule has 1 N–H and O–H groups in total. The van der Waals surface area contributed by atoms with Gasteiger partial charge in [0.25, 0.3) is 0 Å². The fourth-order valence-electron chi connectivity index (χ4n) is 2.80. The molecule has 0 saturated carbocycles. The highest BCUT2D eigenvalue weighted by Crippen LogP contribution is 2.38. The van der Waals surface area contributed by atoms with Crippen molar-refractivity contribution in [2.75, 3.05) is 18.0 Å². The quantitative estimate of drug-likeness (QED) is 0.827. The second-order valence-corrected chi connectivity index (χ2v) is 5.08. The van der Waals surface area contributed by atoms with Gasteiger partial charge in [-0.3, -0.25) is 4.79 Å². The lowest BCUT2D eigenvalue weighted by molar-refractivity contribution is -0.117. The molecule has 90 valence electrons. The lowest BCUT2D eigenvalue weighted by Crippen LogP contribution is -2.44. The number of halogens is 1. The van der Waals surface area contributed by atoms with Crippen LogP contribution in [0.5, 0.6) is 0 Å². The average Bonchev–Trinajstić information content (AvgIpc) is 2.68. The first-order valence-electron chi connectivity index (χ1n) is 6.07. The molecule has 0 bridgehead atoms. The van der Waals surface area contributed by atoms with Crippen LogP contribution in [0.25, 0.3) is 0 Å². The molecular formula is C13H15ClN2O. The molecule has 0 aromatic heterocycles. The Morgan fingerprint density at radius 1 is 1.29 bits per heavy atom. The topological polar surface area (TPSA) is 32.3 Å². The fraction of sp³-hybridized carbons (Fsp3) is 0.462. The molecule has 3 rings (SSSR count). The van der Waals surface area contributed by atoms with Gasteiger partial charge in [-0.25, -0.2) is 0 Å². The summed E-state index contributed by atoms with van der Waals surface area (Å²) in [5.41, 5.74) is 2.02. The van der Waals surface area contributed by atoms with E-state index in [0.717, 1.165) is 37.2 Å². The lowest BCUT2D eigenvalue weighted by atomic mass is 10.0. The summed E-state index contributed by atoms with van der Waals surface area (Å²) in [6.45, 7) is 1.96. The number of benzene rings is 1. The lowest BCUT2D eigenvalue weighted by Gasteiger charge is -2.32. The van der Waals surface area contributed by atoms with E-state index in [4.69, 9.17) is 11.6 Å². The smallest absolute Gasteiger partial charge is 0.231 e. The summed E-state index contributed by atoms with van der Waals surface area (Å²) in [5.74, 6) is 0.194. The standard InChI is InChI=1S/C13H15ClN2O/c14-11-3-1-2-9-8-12(17)16(13(9)11)10-4-6-15-7-5-10/h1-3,10,15H,4-8H2. The predicted molar refractivity (Wildman–Crippen MR) is 68.5 cm³/mol. The van der Waals surface area contributed by atoms with Crippen LogP contribution in [0.3, 0.4) is 0 Å². The highest BCUT2D eigenvalue weighted by molar-refractivity contribution is 6.34. The van der Waals surface area contributed by atoms with Gasteiger partial charge in [0.15, 0.2) is 0 Å². The summed E-state index contributed by atoms with van der Waals surface area (Å²) in [5, 5.41) is 4.02. The van der Waals surface area contributed by atoms with Gasteiger partial charge in [0.1, 0.15) is 0 Å². The zero-order valence-corrected chi connectivity index (χ0v) is 10.3. The number of carbonyl (C=O) groups is 1. The number of anilines is 1. The normalized spacial score (nSPS) is 20.8. The fourth-order valence-corrected chi connectivity index (χ4v) is 3.08. The van der Waals surface area contributed by atoms with Crippen molar-refractivity contribution in [2.24, 2.45) is 0 Å². The van der Waals surface area contributed by atoms with Crippen molar-refractivity contribution in [3.05, 3.63) is 28.8 Å². The van der Waals surface area contributed by atoms with Crippen LogP contribution in [-0.4, -0.2) is 25.0 Å². The van der Waals surface area contributed by atoms with Crippen molar-refractivity contribution in [3.8, 4) is 0 Å². The molecule has 3 nitrogen and oxygen atoms in total. The van der Waals surface area contributed by atoms with Crippen LogP contribution in [0, 0.1) is 0 Å². The van der Waals surface area contributed by atoms with Gasteiger partial charge >= 0.3 is 0 Å². The number of para-hydroxylation sites is 1. The first kappa shape index (κ1) is 11.1. The van der Waals surface area contributed by atoms with E-state index in [0.29, 0.717) is 17.5 Å². The van der Waals surface area contributed by atoms with Gasteiger partial charge in [0.05, 0.1) is 17.1 Å². The third-order valence-electron chi connectivity index (χ3n) is 3.60. The first-order valence-corrected chi connectivity index (χ1v) is 6.45. The van der Waals surface area contributed by atoms with E-state index in [9.17, 15) is 4.79 Å². The van der Waals surface area contributed by atoms with E-state index in [-0.39, 0.29) is 5.91 Å². The largest absolute Gasteiger partial charge is 0.317 e. The molecule has 1 aromatic carbocycles. The number of hydrogen-bond acceptors (Lipinski definition) is 2. The van der Waals surface area contributed by atoms with Gasteiger partial charge in [-0.05, 0) is 37.6 Å². The summed E-state index contributed by atoms with van der Waals surface area (Å²) < 4.78 is 0. The maximum atomic E-state index is 12.1. The minimum Gasteiger partial charge on any atom is -0.317 e. The second kappa shape index (κ2) is 4.31. The van der Waals surface area contributed by atoms with Crippen molar-refractivity contribution in [3.63, 3.8) is 0 Å². The van der Waals surface area contributed by atoms with E-state index in [2.05, 4.69) is 5.32 Å². The van der Waals surface area contributed by atoms with Crippen LogP contribution in [-0.2, 0) is 11.2 Å². The molecule has 17 heavy (non-hydrogen) atoms. The summed E-state index contributed by atoms with van der Waals surface area (Å²) in [7, 11) is 0. The number of rotatable bonds is 1. The van der Waals surface area contributed by atoms with Gasteiger partial charge in [-0.2, -0.15) is 0 Å². The molecule has 2 aliphatic rings. The Kier molecular flexibility index (Phi) is 2.81. The molecular weight excluding hydrogens is 236 g/mol. The molecule has 2 heterocycles. The van der Waals surface area contributed by atoms with E-state index in [1.807, 2.05) is 23.1 Å². The Morgan fingerprint density at radius 3 is 2.82 bits per heavy atom. The number of carbonyl (C=O) groups excluding carboxylic acids is 1. The molecule has 0 atom stereocenters. The maximum Gasteiger partial charge on any atom is 0.231 e. The third kappa shape index (κ3) is 1.83. The van der Waals surface area contributed by atoms with Crippen molar-refractivity contribution in [1.29, 1.82) is 0 Å². The van der Waals surface area contributed by atoms with Crippen LogP contribution in [0.15, 0.2) is 18.2 Å². The van der Waals surface area contributed by atoms with Gasteiger partial charge in [-0.15, -0.1) is 0 Å². The van der Waals surface area contributed by atoms with Crippen molar-refractivity contribution < 1.29 is 4.79 Å². The van der Waals surface area contributed by atoms with Gasteiger partial charge in [-0.1, -0.05) is 23.7 Å². The number of nitrogens with zero attached hydrogens (tertiary/aromatic N) is 1. The van der Waals surface area contributed by atoms with Crippen molar-refractivity contribution in [2.45, 2.75) is 25.3 Å². The summed E-state index contributed by atoms with van der Waals surface area (Å²) in [6.07, 6.45) is 2.52. The summed E-state index contributed by atoms with van der Waals surface area (Å²) in [6, 6.07) is 6.10. The SMILES string of the molecule is O=C1Cc2cccc(Cl)c2N1C1CCNCC1. The highest BCUT2D eigenvalue weighted by Gasteiger charge is 2.34. The van der Waals surface area contributed by atoms with Gasteiger partial charge < -0.3 is 10.2 Å². The van der Waals surface area contributed by atoms with Crippen LogP contribution in [0.4, 0.5) is 5.69 Å². The Balaban J connectivity index is 1.98. The highest BCUT2D eigenvalue weighted by atomic mass is 35.5. The van der Waals surface area contributed by atoms with Gasteiger partial charge in [0.2, 0.25) is 5.91 Å². The molecule has 1 saturated heterocycles. The number of amides is 1. The minimum absolute atomic E-state index is 0.194. The first-order chi connectivity index (χ1) is 8.27. The third-order valence-corrected chi connectivity index (χ3v) is 3.90. The van der Waals surface area contributed by atoms with E-state index in [1.165, 1.54) is 0 Å². The van der Waals surface area contributed by atoms with E-state index < -0.39 is 0 Å². The van der Waals surface area contributed by atoms with Crippen LogP contribution in [0.2, 0.25) is 5.02 Å². The second-order valence-electron chi connectivity index (χ2n) is 4.67. The van der Waals surface area contributed by atoms with Crippen molar-refractivity contribution in [1.82, 2.24) is 5.32 Å². The number of nitrogens with one attached hydrogen (secondary N) is 1. The molecule has 0 unspecified atom stereocenters. The average molecular weight is 251 g/mol. The van der Waals surface area contributed by atoms with Crippen molar-refractivity contribution >= 4 is 23.2 Å². The zero-order valence-electron chi connectivity index (χ0n) is 9.58. The summed E-state index contributed by atoms with van der Waals surface area (Å²) >= 11 is 6.24. The molecule has 2 aliphatic heterocycles. The molecule has 0 spiro atoms. The predicted octanol–water partition coefficient (Wildman–Crippen LogP) is 1.98. The number of fused-ring (bicyclic) bond motifs is 1. The van der Waals surface area contributed by atoms with Crippen LogP contribution in [0.1, 0.15) is 18.4 Å². The Hall–Kier alpha value is -1.06. The molecule has 1 fully saturated rings. The molecule has 0 radical (unpaired) electrons. The Bertz CT molecular complexity index is 455. The van der Waals surface area contributed by atoms with E-state index in [1.54, 1.807) is 0 Å². The monoisotopic (exact) mass is 250 g/mol. The van der Waals surface area contributed by atoms with Gasteiger partial charge in [0, 0.05) is 6.04 Å². The number of piperidine rings is 1. The minimum atomic E-state index is 0.194. The Morgan fingerprint density at radius 2 is 2.06 bits per heavy atom. The molecule has 1 aromatic rings. The van der Waals surface area contributed by atoms with Crippen LogP contribution < -0.4 is 10.2 Å². The zero-order chi connectivity index (χ0) is 11.8. The summed E-state index contributed by atoms with van der Waals surface area (Å²) in [4.78, 5) is 14.1. The maximum absolute atomic E-state index is 12.1. The van der Waals surface area contributed by atoms with E-state index >= 15 is 0 Å². The van der Waals surface area contributed by atoms with Crippen LogP contribution >= 0.6 is 11.6 Å². The number of hydrogen-bond donors (Lipinski definition) is 1. The molecule has 0 aliphatic carbocycles. The molecule has 1 amide bonds.